The van der Waals surface area contributed by atoms with E-state index in [1.165, 1.54) is 18.8 Å². The van der Waals surface area contributed by atoms with Gasteiger partial charge in [-0.15, -0.1) is 0 Å². The number of nitrogen functional groups attached to an aromatic ring is 1. The number of aromatic nitrogens is 4. The predicted octanol–water partition coefficient (Wildman–Crippen LogP) is 4.21. The summed E-state index contributed by atoms with van der Waals surface area (Å²) in [7, 11) is 1.78. The van der Waals surface area contributed by atoms with Crippen LogP contribution >= 0.6 is 0 Å². The zero-order chi connectivity index (χ0) is 26.2. The summed E-state index contributed by atoms with van der Waals surface area (Å²) in [5, 5.41) is 3.07. The van der Waals surface area contributed by atoms with Crippen molar-refractivity contribution >= 4 is 17.3 Å². The third-order valence-corrected chi connectivity index (χ3v) is 7.25. The molecule has 2 fully saturated rings. The van der Waals surface area contributed by atoms with E-state index in [1.54, 1.807) is 13.2 Å². The molecular weight excluding hydrogens is 488 g/mol. The number of rotatable bonds is 7. The monoisotopic (exact) mass is 518 g/mol. The maximum Gasteiger partial charge on any atom is 0.419 e. The van der Waals surface area contributed by atoms with Crippen LogP contribution in [0.3, 0.4) is 0 Å². The Morgan fingerprint density at radius 2 is 1.84 bits per heavy atom. The average molecular weight is 519 g/mol. The van der Waals surface area contributed by atoms with Gasteiger partial charge in [0.15, 0.2) is 11.6 Å². The molecule has 0 unspecified atom stereocenters. The van der Waals surface area contributed by atoms with Gasteiger partial charge in [-0.3, -0.25) is 0 Å². The molecule has 0 amide bonds. The van der Waals surface area contributed by atoms with E-state index in [2.05, 4.69) is 29.7 Å². The Bertz CT molecular complexity index is 1250. The minimum Gasteiger partial charge on any atom is -0.382 e. The second kappa shape index (κ2) is 10.2. The highest BCUT2D eigenvalue weighted by Gasteiger charge is 2.35. The first-order chi connectivity index (χ1) is 17.7. The number of hydrogen-bond donors (Lipinski definition) is 2. The van der Waals surface area contributed by atoms with Crippen molar-refractivity contribution in [1.82, 2.24) is 24.4 Å². The summed E-state index contributed by atoms with van der Waals surface area (Å²) in [6.45, 7) is 5.10. The van der Waals surface area contributed by atoms with Crippen molar-refractivity contribution in [3.8, 4) is 11.3 Å². The molecule has 4 heterocycles. The third kappa shape index (κ3) is 5.20. The quantitative estimate of drug-likeness (QED) is 0.453. The Balaban J connectivity index is 1.40. The number of hydrogen-bond acceptors (Lipinski definition) is 7. The summed E-state index contributed by atoms with van der Waals surface area (Å²) < 4.78 is 56.0. The fourth-order valence-corrected chi connectivity index (χ4v) is 5.05. The number of likely N-dealkylation sites (tertiary alicyclic amines) is 1. The zero-order valence-corrected chi connectivity index (χ0v) is 20.6. The molecule has 0 saturated carbocycles. The van der Waals surface area contributed by atoms with Crippen LogP contribution < -0.4 is 16.0 Å². The first-order valence-corrected chi connectivity index (χ1v) is 12.4. The molecule has 12 heteroatoms. The Morgan fingerprint density at radius 1 is 1.08 bits per heavy atom. The molecule has 3 N–H and O–H groups in total. The first kappa shape index (κ1) is 25.2. The van der Waals surface area contributed by atoms with Gasteiger partial charge in [-0.1, -0.05) is 0 Å². The smallest absolute Gasteiger partial charge is 0.382 e. The molecule has 0 atom stereocenters. The molecule has 37 heavy (non-hydrogen) atoms. The number of nitrogens with two attached hydrogens (primary N) is 1. The lowest BCUT2D eigenvalue weighted by molar-refractivity contribution is -0.139. The molecule has 2 aromatic heterocycles. The van der Waals surface area contributed by atoms with Crippen LogP contribution in [0.1, 0.15) is 36.6 Å². The molecule has 198 valence electrons. The van der Waals surface area contributed by atoms with E-state index in [0.29, 0.717) is 23.7 Å². The number of halogens is 4. The molecule has 2 saturated heterocycles. The van der Waals surface area contributed by atoms with E-state index in [9.17, 15) is 17.6 Å². The van der Waals surface area contributed by atoms with Gasteiger partial charge in [-0.05, 0) is 50.6 Å². The molecule has 0 aliphatic carbocycles. The summed E-state index contributed by atoms with van der Waals surface area (Å²) in [4.78, 5) is 17.8. The minimum absolute atomic E-state index is 0.126. The maximum absolute atomic E-state index is 13.9. The van der Waals surface area contributed by atoms with Crippen LogP contribution in [0.15, 0.2) is 30.7 Å². The third-order valence-electron chi connectivity index (χ3n) is 7.25. The Kier molecular flexibility index (Phi) is 6.93. The Hall–Kier alpha value is -3.41. The highest BCUT2D eigenvalue weighted by atomic mass is 19.4. The molecule has 0 bridgehead atoms. The van der Waals surface area contributed by atoms with Crippen molar-refractivity contribution in [3.05, 3.63) is 47.9 Å². The van der Waals surface area contributed by atoms with Gasteiger partial charge in [-0.25, -0.2) is 19.3 Å². The number of alkyl halides is 3. The van der Waals surface area contributed by atoms with Crippen LogP contribution in [0.25, 0.3) is 11.3 Å². The van der Waals surface area contributed by atoms with E-state index >= 15 is 0 Å². The topological polar surface area (TPSA) is 88.1 Å². The average Bonchev–Trinajstić information content (AvgIpc) is 3.27. The number of imidazole rings is 1. The van der Waals surface area contributed by atoms with Crippen molar-refractivity contribution in [3.63, 3.8) is 0 Å². The number of piperidine rings is 1. The summed E-state index contributed by atoms with van der Waals surface area (Å²) >= 11 is 0. The lowest BCUT2D eigenvalue weighted by Crippen LogP contribution is -2.39. The number of anilines is 3. The Labute approximate surface area is 212 Å². The van der Waals surface area contributed by atoms with Crippen LogP contribution in [0.4, 0.5) is 34.9 Å². The van der Waals surface area contributed by atoms with E-state index in [-0.39, 0.29) is 11.5 Å². The van der Waals surface area contributed by atoms with Crippen LogP contribution in [0, 0.1) is 5.82 Å². The second-order valence-electron chi connectivity index (χ2n) is 9.53. The fraction of sp³-hybridized carbons (Fsp3) is 0.480. The van der Waals surface area contributed by atoms with Gasteiger partial charge in [0.1, 0.15) is 23.7 Å². The van der Waals surface area contributed by atoms with Crippen LogP contribution in [0.5, 0.6) is 0 Å². The van der Waals surface area contributed by atoms with Crippen molar-refractivity contribution in [2.24, 2.45) is 0 Å². The van der Waals surface area contributed by atoms with Gasteiger partial charge in [0.25, 0.3) is 0 Å². The van der Waals surface area contributed by atoms with Crippen LogP contribution in [-0.4, -0.2) is 64.2 Å². The molecule has 2 aliphatic heterocycles. The number of benzene rings is 1. The highest BCUT2D eigenvalue weighted by molar-refractivity contribution is 5.75. The zero-order valence-electron chi connectivity index (χ0n) is 20.6. The van der Waals surface area contributed by atoms with Crippen molar-refractivity contribution in [1.29, 1.82) is 0 Å². The van der Waals surface area contributed by atoms with Crippen molar-refractivity contribution in [2.45, 2.75) is 37.9 Å². The number of nitrogens with one attached hydrogen (secondary N) is 1. The lowest BCUT2D eigenvalue weighted by atomic mass is 9.95. The molecule has 0 radical (unpaired) electrons. The molecule has 3 aromatic rings. The highest BCUT2D eigenvalue weighted by Crippen LogP contribution is 2.37. The molecule has 0 spiro atoms. The van der Waals surface area contributed by atoms with Gasteiger partial charge in [0, 0.05) is 50.9 Å². The van der Waals surface area contributed by atoms with E-state index in [1.807, 2.05) is 0 Å². The summed E-state index contributed by atoms with van der Waals surface area (Å²) in [5.41, 5.74) is 6.10. The lowest BCUT2D eigenvalue weighted by Gasteiger charge is -2.34. The van der Waals surface area contributed by atoms with E-state index < -0.39 is 17.6 Å². The summed E-state index contributed by atoms with van der Waals surface area (Å²) in [6, 6.07) is 3.07. The summed E-state index contributed by atoms with van der Waals surface area (Å²) in [6.07, 6.45) is 1.25. The van der Waals surface area contributed by atoms with Gasteiger partial charge in [-0.2, -0.15) is 13.2 Å². The molecule has 5 rings (SSSR count). The van der Waals surface area contributed by atoms with Crippen molar-refractivity contribution < 1.29 is 17.6 Å². The predicted molar refractivity (Wildman–Crippen MR) is 134 cm³/mol. The molecule has 2 aliphatic rings. The minimum atomic E-state index is -4.77. The SMILES string of the molecule is CNc1c(N)ncnc1N1CCC(c2nc(-c3ccc(F)c(C(F)(F)F)c3)cn2CCN2CCC2)CC1. The fourth-order valence-electron chi connectivity index (χ4n) is 5.05. The van der Waals surface area contributed by atoms with E-state index in [0.717, 1.165) is 69.3 Å². The van der Waals surface area contributed by atoms with Gasteiger partial charge >= 0.3 is 6.18 Å². The van der Waals surface area contributed by atoms with E-state index in [4.69, 9.17) is 10.7 Å². The van der Waals surface area contributed by atoms with Gasteiger partial charge in [0.2, 0.25) is 0 Å². The van der Waals surface area contributed by atoms with Crippen LogP contribution in [-0.2, 0) is 12.7 Å². The second-order valence-corrected chi connectivity index (χ2v) is 9.53. The van der Waals surface area contributed by atoms with Crippen LogP contribution in [0.2, 0.25) is 0 Å². The van der Waals surface area contributed by atoms with Gasteiger partial charge < -0.3 is 25.4 Å². The Morgan fingerprint density at radius 3 is 2.49 bits per heavy atom. The number of nitrogens with zero attached hydrogens (tertiary/aromatic N) is 6. The largest absolute Gasteiger partial charge is 0.419 e. The van der Waals surface area contributed by atoms with Crippen molar-refractivity contribution in [2.75, 3.05) is 55.7 Å². The maximum atomic E-state index is 13.9. The van der Waals surface area contributed by atoms with Gasteiger partial charge in [0.05, 0.1) is 11.3 Å². The standard InChI is InChI=1S/C25H30F4N8/c1-31-21-22(30)32-15-33-24(21)36-9-5-16(6-10-36)23-34-20(14-37(23)12-11-35-7-2-8-35)17-3-4-19(26)18(13-17)25(27,28)29/h3-4,13-16,31H,2,5-12H2,1H3,(H2,30,32,33). The normalized spacial score (nSPS) is 17.2. The first-order valence-electron chi connectivity index (χ1n) is 12.4. The summed E-state index contributed by atoms with van der Waals surface area (Å²) in [5.74, 6) is 0.831. The molecular formula is C25H30F4N8. The molecule has 8 nitrogen and oxygen atoms in total. The molecule has 1 aromatic carbocycles.